The van der Waals surface area contributed by atoms with Crippen LogP contribution in [0.3, 0.4) is 0 Å². The van der Waals surface area contributed by atoms with Crippen molar-refractivity contribution in [2.24, 2.45) is 0 Å². The van der Waals surface area contributed by atoms with Crippen molar-refractivity contribution in [3.63, 3.8) is 0 Å². The van der Waals surface area contributed by atoms with Gasteiger partial charge in [-0.15, -0.1) is 0 Å². The number of rotatable bonds is 6. The second-order valence-electron chi connectivity index (χ2n) is 5.17. The van der Waals surface area contributed by atoms with E-state index in [1.54, 1.807) is 26.4 Å². The van der Waals surface area contributed by atoms with E-state index >= 15 is 0 Å². The number of carbonyl (C=O) groups is 1. The van der Waals surface area contributed by atoms with Gasteiger partial charge in [-0.25, -0.2) is 0 Å². The largest absolute Gasteiger partial charge is 0.493 e. The minimum atomic E-state index is 0.0251. The average Bonchev–Trinajstić information content (AvgIpc) is 3.05. The molecule has 0 unspecified atom stereocenters. The van der Waals surface area contributed by atoms with Gasteiger partial charge in [-0.1, -0.05) is 34.8 Å². The second kappa shape index (κ2) is 7.69. The molecule has 5 heteroatoms. The number of hydrogen-bond donors (Lipinski definition) is 0. The van der Waals surface area contributed by atoms with Gasteiger partial charge >= 0.3 is 0 Å². The molecule has 1 aliphatic carbocycles. The van der Waals surface area contributed by atoms with E-state index in [1.165, 1.54) is 12.8 Å². The van der Waals surface area contributed by atoms with E-state index in [0.717, 1.165) is 18.2 Å². The van der Waals surface area contributed by atoms with E-state index in [4.69, 9.17) is 9.47 Å². The molecule has 0 bridgehead atoms. The first-order chi connectivity index (χ1) is 10.2. The van der Waals surface area contributed by atoms with Crippen LogP contribution in [0.1, 0.15) is 36.0 Å². The van der Waals surface area contributed by atoms with Gasteiger partial charge in [-0.05, 0) is 25.0 Å². The van der Waals surface area contributed by atoms with Crippen LogP contribution in [0.5, 0.6) is 11.5 Å². The summed E-state index contributed by atoms with van der Waals surface area (Å²) in [6.07, 6.45) is 4.58. The molecule has 2 rings (SSSR count). The summed E-state index contributed by atoms with van der Waals surface area (Å²) in [5.74, 6) is 1.13. The van der Waals surface area contributed by atoms with E-state index in [9.17, 15) is 4.79 Å². The van der Waals surface area contributed by atoms with Crippen LogP contribution in [0.2, 0.25) is 0 Å². The van der Waals surface area contributed by atoms with Crippen molar-refractivity contribution in [1.82, 2.24) is 4.90 Å². The maximum Gasteiger partial charge on any atom is 0.258 e. The fourth-order valence-electron chi connectivity index (χ4n) is 2.97. The molecule has 0 aliphatic heterocycles. The Morgan fingerprint density at radius 3 is 2.57 bits per heavy atom. The van der Waals surface area contributed by atoms with Gasteiger partial charge in [0.15, 0.2) is 11.5 Å². The Kier molecular flexibility index (Phi) is 5.91. The molecule has 0 aromatic heterocycles. The van der Waals surface area contributed by atoms with E-state index in [2.05, 4.69) is 15.9 Å². The van der Waals surface area contributed by atoms with Crippen LogP contribution in [0.25, 0.3) is 0 Å². The average molecular weight is 356 g/mol. The van der Waals surface area contributed by atoms with Crippen LogP contribution in [0.15, 0.2) is 18.2 Å². The molecule has 1 aromatic carbocycles. The van der Waals surface area contributed by atoms with Crippen molar-refractivity contribution in [1.29, 1.82) is 0 Å². The highest BCUT2D eigenvalue weighted by atomic mass is 79.9. The Bertz CT molecular complexity index is 486. The number of hydrogen-bond acceptors (Lipinski definition) is 3. The van der Waals surface area contributed by atoms with Gasteiger partial charge < -0.3 is 14.4 Å². The summed E-state index contributed by atoms with van der Waals surface area (Å²) in [6, 6.07) is 5.78. The van der Waals surface area contributed by atoms with Gasteiger partial charge in [-0.2, -0.15) is 0 Å². The molecule has 1 amide bonds. The summed E-state index contributed by atoms with van der Waals surface area (Å²) in [5, 5.41) is 0.779. The number of para-hydroxylation sites is 1. The molecule has 116 valence electrons. The fraction of sp³-hybridized carbons (Fsp3) is 0.562. The minimum Gasteiger partial charge on any atom is -0.493 e. The van der Waals surface area contributed by atoms with Crippen LogP contribution in [-0.4, -0.2) is 42.9 Å². The first kappa shape index (κ1) is 16.1. The molecule has 0 spiro atoms. The molecular formula is C16H22BrNO3. The zero-order chi connectivity index (χ0) is 15.2. The SMILES string of the molecule is COc1cccc(C(=O)N(CCBr)C2CCCC2)c1OC. The molecule has 1 fully saturated rings. The monoisotopic (exact) mass is 355 g/mol. The summed E-state index contributed by atoms with van der Waals surface area (Å²) in [7, 11) is 3.15. The smallest absolute Gasteiger partial charge is 0.258 e. The van der Waals surface area contributed by atoms with E-state index in [0.29, 0.717) is 29.6 Å². The van der Waals surface area contributed by atoms with Gasteiger partial charge in [0.05, 0.1) is 19.8 Å². The molecule has 0 radical (unpaired) electrons. The second-order valence-corrected chi connectivity index (χ2v) is 5.96. The Morgan fingerprint density at radius 1 is 1.29 bits per heavy atom. The highest BCUT2D eigenvalue weighted by Crippen LogP contribution is 2.33. The molecule has 1 aromatic rings. The molecule has 1 saturated carbocycles. The van der Waals surface area contributed by atoms with Crippen molar-refractivity contribution in [2.45, 2.75) is 31.7 Å². The number of benzene rings is 1. The zero-order valence-corrected chi connectivity index (χ0v) is 14.2. The summed E-state index contributed by atoms with van der Waals surface area (Å²) >= 11 is 3.45. The predicted octanol–water partition coefficient (Wildman–Crippen LogP) is 3.48. The predicted molar refractivity (Wildman–Crippen MR) is 86.6 cm³/mol. The summed E-state index contributed by atoms with van der Waals surface area (Å²) in [6.45, 7) is 0.712. The summed E-state index contributed by atoms with van der Waals surface area (Å²) < 4.78 is 10.7. The molecule has 0 N–H and O–H groups in total. The maximum atomic E-state index is 12.9. The molecule has 4 nitrogen and oxygen atoms in total. The molecule has 0 saturated heterocycles. The maximum absolute atomic E-state index is 12.9. The number of halogens is 1. The number of nitrogens with zero attached hydrogens (tertiary/aromatic N) is 1. The number of amides is 1. The third kappa shape index (κ3) is 3.51. The topological polar surface area (TPSA) is 38.8 Å². The van der Waals surface area contributed by atoms with Gasteiger partial charge in [0.1, 0.15) is 0 Å². The molecule has 0 atom stereocenters. The summed E-state index contributed by atoms with van der Waals surface area (Å²) in [5.41, 5.74) is 0.574. The van der Waals surface area contributed by atoms with Crippen molar-refractivity contribution < 1.29 is 14.3 Å². The van der Waals surface area contributed by atoms with Gasteiger partial charge in [0.2, 0.25) is 0 Å². The normalized spacial score (nSPS) is 15.0. The van der Waals surface area contributed by atoms with Crippen molar-refractivity contribution >= 4 is 21.8 Å². The van der Waals surface area contributed by atoms with Crippen LogP contribution >= 0.6 is 15.9 Å². The highest BCUT2D eigenvalue weighted by molar-refractivity contribution is 9.09. The minimum absolute atomic E-state index is 0.0251. The quantitative estimate of drug-likeness (QED) is 0.733. The third-order valence-corrected chi connectivity index (χ3v) is 4.34. The Hall–Kier alpha value is -1.23. The highest BCUT2D eigenvalue weighted by Gasteiger charge is 2.29. The molecule has 21 heavy (non-hydrogen) atoms. The van der Waals surface area contributed by atoms with E-state index < -0.39 is 0 Å². The molecule has 1 aliphatic rings. The van der Waals surface area contributed by atoms with Crippen LogP contribution in [0, 0.1) is 0 Å². The van der Waals surface area contributed by atoms with Crippen molar-refractivity contribution in [3.8, 4) is 11.5 Å². The lowest BCUT2D eigenvalue weighted by molar-refractivity contribution is 0.0692. The number of methoxy groups -OCH3 is 2. The summed E-state index contributed by atoms with van der Waals surface area (Å²) in [4.78, 5) is 14.9. The lowest BCUT2D eigenvalue weighted by Gasteiger charge is -2.29. The first-order valence-electron chi connectivity index (χ1n) is 7.30. The van der Waals surface area contributed by atoms with Crippen LogP contribution in [-0.2, 0) is 0 Å². The van der Waals surface area contributed by atoms with E-state index in [-0.39, 0.29) is 5.91 Å². The van der Waals surface area contributed by atoms with Crippen LogP contribution < -0.4 is 9.47 Å². The van der Waals surface area contributed by atoms with Crippen LogP contribution in [0.4, 0.5) is 0 Å². The Labute approximate surface area is 134 Å². The Morgan fingerprint density at radius 2 is 2.00 bits per heavy atom. The Balaban J connectivity index is 2.31. The van der Waals surface area contributed by atoms with Gasteiger partial charge in [0.25, 0.3) is 5.91 Å². The van der Waals surface area contributed by atoms with Crippen molar-refractivity contribution in [3.05, 3.63) is 23.8 Å². The van der Waals surface area contributed by atoms with Gasteiger partial charge in [0, 0.05) is 17.9 Å². The fourth-order valence-corrected chi connectivity index (χ4v) is 3.35. The zero-order valence-electron chi connectivity index (χ0n) is 12.6. The number of alkyl halides is 1. The van der Waals surface area contributed by atoms with Gasteiger partial charge in [-0.3, -0.25) is 4.79 Å². The lowest BCUT2D eigenvalue weighted by atomic mass is 10.1. The molecule has 0 heterocycles. The standard InChI is InChI=1S/C16H22BrNO3/c1-20-14-9-5-8-13(15(14)21-2)16(19)18(11-10-17)12-6-3-4-7-12/h5,8-9,12H,3-4,6-7,10-11H2,1-2H3. The molecular weight excluding hydrogens is 334 g/mol. The van der Waals surface area contributed by atoms with Crippen molar-refractivity contribution in [2.75, 3.05) is 26.1 Å². The van der Waals surface area contributed by atoms with E-state index in [1.807, 2.05) is 11.0 Å². The first-order valence-corrected chi connectivity index (χ1v) is 8.43. The number of ether oxygens (including phenoxy) is 2. The number of carbonyl (C=O) groups excluding carboxylic acids is 1. The lowest BCUT2D eigenvalue weighted by Crippen LogP contribution is -2.40. The third-order valence-electron chi connectivity index (χ3n) is 3.99.